The summed E-state index contributed by atoms with van der Waals surface area (Å²) in [7, 11) is 3.46. The normalized spacial score (nSPS) is 10.7. The van der Waals surface area contributed by atoms with E-state index in [0.717, 1.165) is 15.9 Å². The number of aryl methyl sites for hydroxylation is 2. The van der Waals surface area contributed by atoms with Crippen molar-refractivity contribution in [1.82, 2.24) is 9.78 Å². The van der Waals surface area contributed by atoms with Crippen LogP contribution in [0.2, 0.25) is 0 Å². The first-order valence-corrected chi connectivity index (χ1v) is 6.94. The number of rotatable bonds is 5. The lowest BCUT2D eigenvalue weighted by molar-refractivity contribution is 0.254. The molecule has 1 N–H and O–H groups in total. The predicted molar refractivity (Wildman–Crippen MR) is 78.9 cm³/mol. The van der Waals surface area contributed by atoms with Crippen molar-refractivity contribution in [2.45, 2.75) is 20.1 Å². The van der Waals surface area contributed by atoms with Gasteiger partial charge in [-0.3, -0.25) is 4.68 Å². The minimum Gasteiger partial charge on any atom is -0.497 e. The zero-order valence-electron chi connectivity index (χ0n) is 11.7. The van der Waals surface area contributed by atoms with Crippen molar-refractivity contribution in [3.8, 4) is 11.5 Å². The Bertz CT molecular complexity index is 611. The van der Waals surface area contributed by atoms with E-state index in [-0.39, 0.29) is 6.61 Å². The molecule has 0 saturated carbocycles. The second-order valence-corrected chi connectivity index (χ2v) is 5.18. The van der Waals surface area contributed by atoms with Crippen LogP contribution in [0.1, 0.15) is 17.0 Å². The minimum atomic E-state index is -0.0991. The van der Waals surface area contributed by atoms with Crippen LogP contribution >= 0.6 is 15.9 Å². The van der Waals surface area contributed by atoms with Gasteiger partial charge in [-0.2, -0.15) is 5.10 Å². The molecule has 0 saturated heterocycles. The Morgan fingerprint density at radius 1 is 1.40 bits per heavy atom. The number of hydrogen-bond acceptors (Lipinski definition) is 4. The molecule has 0 atom stereocenters. The van der Waals surface area contributed by atoms with E-state index in [1.54, 1.807) is 30.0 Å². The Morgan fingerprint density at radius 3 is 2.70 bits per heavy atom. The maximum Gasteiger partial charge on any atom is 0.131 e. The molecule has 0 radical (unpaired) electrons. The lowest BCUT2D eigenvalue weighted by Gasteiger charge is -2.12. The summed E-state index contributed by atoms with van der Waals surface area (Å²) >= 11 is 3.50. The summed E-state index contributed by atoms with van der Waals surface area (Å²) in [6, 6.07) is 5.36. The molecule has 0 aliphatic carbocycles. The number of methoxy groups -OCH3 is 1. The van der Waals surface area contributed by atoms with E-state index in [4.69, 9.17) is 9.47 Å². The Kier molecular flexibility index (Phi) is 4.67. The van der Waals surface area contributed by atoms with Crippen molar-refractivity contribution in [3.63, 3.8) is 0 Å². The summed E-state index contributed by atoms with van der Waals surface area (Å²) in [5, 5.41) is 13.7. The molecule has 2 rings (SSSR count). The molecule has 1 aromatic heterocycles. The molecule has 0 amide bonds. The largest absolute Gasteiger partial charge is 0.497 e. The number of aliphatic hydroxyl groups is 1. The smallest absolute Gasteiger partial charge is 0.131 e. The Morgan fingerprint density at radius 2 is 2.15 bits per heavy atom. The maximum absolute atomic E-state index is 9.39. The third kappa shape index (κ3) is 2.96. The number of aromatic nitrogens is 2. The van der Waals surface area contributed by atoms with Gasteiger partial charge in [0.05, 0.1) is 29.6 Å². The Labute approximate surface area is 126 Å². The molecule has 0 unspecified atom stereocenters. The van der Waals surface area contributed by atoms with Gasteiger partial charge >= 0.3 is 0 Å². The maximum atomic E-state index is 9.39. The standard InChI is InChI=1S/C14H17BrN2O3/c1-9-14(15)12(17(2)16-9)8-20-13-5-4-11(19-3)6-10(13)7-18/h4-6,18H,7-8H2,1-3H3. The second kappa shape index (κ2) is 6.28. The first-order valence-electron chi connectivity index (χ1n) is 6.15. The number of aliphatic hydroxyl groups excluding tert-OH is 1. The Hall–Kier alpha value is -1.53. The quantitative estimate of drug-likeness (QED) is 0.908. The van der Waals surface area contributed by atoms with Crippen molar-refractivity contribution in [1.29, 1.82) is 0 Å². The molecule has 20 heavy (non-hydrogen) atoms. The van der Waals surface area contributed by atoms with Crippen molar-refractivity contribution >= 4 is 15.9 Å². The van der Waals surface area contributed by atoms with Crippen LogP contribution in [0.4, 0.5) is 0 Å². The lowest BCUT2D eigenvalue weighted by atomic mass is 10.2. The van der Waals surface area contributed by atoms with E-state index in [1.807, 2.05) is 14.0 Å². The van der Waals surface area contributed by atoms with Gasteiger partial charge in [0.2, 0.25) is 0 Å². The highest BCUT2D eigenvalue weighted by molar-refractivity contribution is 9.10. The van der Waals surface area contributed by atoms with Crippen molar-refractivity contribution in [2.75, 3.05) is 7.11 Å². The molecular formula is C14H17BrN2O3. The van der Waals surface area contributed by atoms with Crippen molar-refractivity contribution in [2.24, 2.45) is 7.05 Å². The monoisotopic (exact) mass is 340 g/mol. The van der Waals surface area contributed by atoms with Gasteiger partial charge < -0.3 is 14.6 Å². The molecule has 1 aromatic carbocycles. The zero-order chi connectivity index (χ0) is 14.7. The van der Waals surface area contributed by atoms with Gasteiger partial charge in [0.25, 0.3) is 0 Å². The molecule has 0 bridgehead atoms. The van der Waals surface area contributed by atoms with Gasteiger partial charge in [-0.15, -0.1) is 0 Å². The molecule has 0 spiro atoms. The highest BCUT2D eigenvalue weighted by Gasteiger charge is 2.12. The Balaban J connectivity index is 2.18. The molecule has 0 aliphatic heterocycles. The molecule has 5 nitrogen and oxygen atoms in total. The molecule has 2 aromatic rings. The number of hydrogen-bond donors (Lipinski definition) is 1. The van der Waals surface area contributed by atoms with E-state index < -0.39 is 0 Å². The summed E-state index contributed by atoms with van der Waals surface area (Å²) in [6.45, 7) is 2.20. The summed E-state index contributed by atoms with van der Waals surface area (Å²) in [6.07, 6.45) is 0. The average Bonchev–Trinajstić information content (AvgIpc) is 2.70. The molecule has 0 aliphatic rings. The van der Waals surface area contributed by atoms with Crippen LogP contribution in [0.15, 0.2) is 22.7 Å². The van der Waals surface area contributed by atoms with Crippen molar-refractivity contribution < 1.29 is 14.6 Å². The molecule has 6 heteroatoms. The van der Waals surface area contributed by atoms with Crippen LogP contribution in [0.25, 0.3) is 0 Å². The fraction of sp³-hybridized carbons (Fsp3) is 0.357. The van der Waals surface area contributed by atoms with E-state index in [1.165, 1.54) is 0 Å². The average molecular weight is 341 g/mol. The van der Waals surface area contributed by atoms with Gasteiger partial charge in [-0.25, -0.2) is 0 Å². The number of halogens is 1. The van der Waals surface area contributed by atoms with Crippen LogP contribution in [0.5, 0.6) is 11.5 Å². The van der Waals surface area contributed by atoms with Crippen LogP contribution < -0.4 is 9.47 Å². The third-order valence-corrected chi connectivity index (χ3v) is 4.10. The molecule has 1 heterocycles. The van der Waals surface area contributed by atoms with Crippen LogP contribution in [0.3, 0.4) is 0 Å². The van der Waals surface area contributed by atoms with E-state index >= 15 is 0 Å². The first kappa shape index (κ1) is 14.9. The minimum absolute atomic E-state index is 0.0991. The van der Waals surface area contributed by atoms with E-state index in [9.17, 15) is 5.11 Å². The zero-order valence-corrected chi connectivity index (χ0v) is 13.3. The SMILES string of the molecule is COc1ccc(OCc2c(Br)c(C)nn2C)c(CO)c1. The number of benzene rings is 1. The third-order valence-electron chi connectivity index (χ3n) is 3.06. The number of nitrogens with zero attached hydrogens (tertiary/aromatic N) is 2. The summed E-state index contributed by atoms with van der Waals surface area (Å²) in [5.41, 5.74) is 2.56. The molecular weight excluding hydrogens is 324 g/mol. The van der Waals surface area contributed by atoms with E-state index in [2.05, 4.69) is 21.0 Å². The van der Waals surface area contributed by atoms with Crippen LogP contribution in [0, 0.1) is 6.92 Å². The summed E-state index contributed by atoms with van der Waals surface area (Å²) < 4.78 is 13.6. The highest BCUT2D eigenvalue weighted by Crippen LogP contribution is 2.27. The topological polar surface area (TPSA) is 56.5 Å². The fourth-order valence-corrected chi connectivity index (χ4v) is 2.38. The van der Waals surface area contributed by atoms with Gasteiger partial charge in [0.15, 0.2) is 0 Å². The molecule has 108 valence electrons. The number of ether oxygens (including phenoxy) is 2. The van der Waals surface area contributed by atoms with Gasteiger partial charge in [0.1, 0.15) is 18.1 Å². The second-order valence-electron chi connectivity index (χ2n) is 4.39. The van der Waals surface area contributed by atoms with E-state index in [0.29, 0.717) is 23.7 Å². The lowest BCUT2D eigenvalue weighted by Crippen LogP contribution is -2.05. The van der Waals surface area contributed by atoms with Crippen molar-refractivity contribution in [3.05, 3.63) is 39.6 Å². The predicted octanol–water partition coefficient (Wildman–Crippen LogP) is 2.57. The van der Waals surface area contributed by atoms with Crippen LogP contribution in [-0.2, 0) is 20.3 Å². The first-order chi connectivity index (χ1) is 9.56. The summed E-state index contributed by atoms with van der Waals surface area (Å²) in [5.74, 6) is 1.33. The van der Waals surface area contributed by atoms with Gasteiger partial charge in [0, 0.05) is 12.6 Å². The van der Waals surface area contributed by atoms with Gasteiger partial charge in [-0.1, -0.05) is 0 Å². The summed E-state index contributed by atoms with van der Waals surface area (Å²) in [4.78, 5) is 0. The van der Waals surface area contributed by atoms with Crippen LogP contribution in [-0.4, -0.2) is 22.0 Å². The van der Waals surface area contributed by atoms with Gasteiger partial charge in [-0.05, 0) is 41.1 Å². The highest BCUT2D eigenvalue weighted by atomic mass is 79.9. The fourth-order valence-electron chi connectivity index (χ4n) is 1.93. The molecule has 0 fully saturated rings.